The smallest absolute Gasteiger partial charge is 0.304 e. The molecule has 5 atom stereocenters. The Labute approximate surface area is 236 Å². The zero-order valence-electron chi connectivity index (χ0n) is 21.6. The van der Waals surface area contributed by atoms with E-state index in [1.54, 1.807) is 30.0 Å². The summed E-state index contributed by atoms with van der Waals surface area (Å²) in [4.78, 5) is 28.1. The van der Waals surface area contributed by atoms with Gasteiger partial charge < -0.3 is 10.0 Å². The van der Waals surface area contributed by atoms with E-state index in [9.17, 15) is 23.5 Å². The molecular weight excluding hydrogens is 547 g/mol. The molecule has 2 aliphatic rings. The number of aliphatic carboxylic acids is 1. The van der Waals surface area contributed by atoms with E-state index in [1.165, 1.54) is 4.31 Å². The summed E-state index contributed by atoms with van der Waals surface area (Å²) >= 11 is 10.4. The summed E-state index contributed by atoms with van der Waals surface area (Å²) in [6.45, 7) is 4.35. The average molecular weight is 582 g/mol. The molecule has 2 fully saturated rings. The van der Waals surface area contributed by atoms with Crippen molar-refractivity contribution in [1.82, 2.24) is 9.21 Å². The van der Waals surface area contributed by atoms with Crippen LogP contribution < -0.4 is 0 Å². The molecule has 0 radical (unpaired) electrons. The molecule has 2 aromatic carbocycles. The molecule has 2 N–H and O–H groups in total. The first-order chi connectivity index (χ1) is 18.0. The standard InChI is InChI=1S/C28H34Cl2N2O5S/c1-3-23(17-31(38(36)37)16-18-7-8-18)32-26(19-9-11-21(29)12-10-19)24(20-5-4-6-22(30)13-20)14-28(2,27(32)35)15-25(33)34/h4-6,9-13,18,23-24,26H,3,7-8,14-17H2,1-2H3,(H,33,34)(H,36,37). The summed E-state index contributed by atoms with van der Waals surface area (Å²) in [6.07, 6.45) is 2.57. The predicted octanol–water partition coefficient (Wildman–Crippen LogP) is 6.16. The molecule has 1 saturated heterocycles. The van der Waals surface area contributed by atoms with Gasteiger partial charge in [0.25, 0.3) is 0 Å². The molecule has 1 saturated carbocycles. The molecular formula is C28H34Cl2N2O5S. The number of hydrogen-bond acceptors (Lipinski definition) is 3. The maximum atomic E-state index is 14.3. The fourth-order valence-corrected chi connectivity index (χ4v) is 6.68. The van der Waals surface area contributed by atoms with Gasteiger partial charge in [0.05, 0.1) is 17.9 Å². The van der Waals surface area contributed by atoms with Crippen molar-refractivity contribution in [2.75, 3.05) is 13.1 Å². The lowest BCUT2D eigenvalue weighted by Crippen LogP contribution is -2.58. The van der Waals surface area contributed by atoms with Crippen LogP contribution in [0.3, 0.4) is 0 Å². The number of piperidine rings is 1. The van der Waals surface area contributed by atoms with Crippen LogP contribution in [0.25, 0.3) is 0 Å². The van der Waals surface area contributed by atoms with Crippen molar-refractivity contribution in [3.63, 3.8) is 0 Å². The van der Waals surface area contributed by atoms with Crippen LogP contribution >= 0.6 is 23.2 Å². The maximum absolute atomic E-state index is 14.3. The van der Waals surface area contributed by atoms with Gasteiger partial charge in [-0.1, -0.05) is 61.3 Å². The molecule has 4 rings (SSSR count). The van der Waals surface area contributed by atoms with Crippen LogP contribution in [0.5, 0.6) is 0 Å². The summed E-state index contributed by atoms with van der Waals surface area (Å²) in [6, 6.07) is 13.9. The van der Waals surface area contributed by atoms with Gasteiger partial charge in [0, 0.05) is 35.1 Å². The van der Waals surface area contributed by atoms with Crippen LogP contribution in [-0.2, 0) is 20.9 Å². The number of amides is 1. The molecule has 1 aliphatic heterocycles. The minimum Gasteiger partial charge on any atom is -0.481 e. The van der Waals surface area contributed by atoms with Gasteiger partial charge in [0.2, 0.25) is 17.2 Å². The number of rotatable bonds is 11. The number of nitrogens with zero attached hydrogens (tertiary/aromatic N) is 2. The molecule has 206 valence electrons. The molecule has 2 aromatic rings. The van der Waals surface area contributed by atoms with Crippen molar-refractivity contribution >= 4 is 46.3 Å². The number of hydrogen-bond donors (Lipinski definition) is 2. The topological polar surface area (TPSA) is 98.2 Å². The number of carbonyl (C=O) groups excluding carboxylic acids is 1. The van der Waals surface area contributed by atoms with E-state index < -0.39 is 34.7 Å². The minimum atomic E-state index is -2.19. The van der Waals surface area contributed by atoms with E-state index in [-0.39, 0.29) is 24.8 Å². The zero-order chi connectivity index (χ0) is 27.6. The molecule has 0 aromatic heterocycles. The van der Waals surface area contributed by atoms with Crippen LogP contribution in [0.1, 0.15) is 69.0 Å². The predicted molar refractivity (Wildman–Crippen MR) is 149 cm³/mol. The summed E-state index contributed by atoms with van der Waals surface area (Å²) in [5.74, 6) is -1.19. The number of likely N-dealkylation sites (tertiary alicyclic amines) is 1. The quantitative estimate of drug-likeness (QED) is 0.310. The van der Waals surface area contributed by atoms with Crippen molar-refractivity contribution in [3.05, 3.63) is 69.7 Å². The summed E-state index contributed by atoms with van der Waals surface area (Å²) in [5, 5.41) is 10.9. The van der Waals surface area contributed by atoms with Gasteiger partial charge >= 0.3 is 5.97 Å². The van der Waals surface area contributed by atoms with Crippen LogP contribution in [0.15, 0.2) is 48.5 Å². The highest BCUT2D eigenvalue weighted by Crippen LogP contribution is 2.52. The Kier molecular flexibility index (Phi) is 9.20. The molecule has 7 nitrogen and oxygen atoms in total. The van der Waals surface area contributed by atoms with E-state index in [0.29, 0.717) is 35.3 Å². The second-order valence-electron chi connectivity index (χ2n) is 10.8. The lowest BCUT2D eigenvalue weighted by Gasteiger charge is -2.52. The number of benzene rings is 2. The van der Waals surface area contributed by atoms with E-state index in [0.717, 1.165) is 24.0 Å². The minimum absolute atomic E-state index is 0.206. The Morgan fingerprint density at radius 1 is 1.16 bits per heavy atom. The van der Waals surface area contributed by atoms with Gasteiger partial charge in [-0.2, -0.15) is 4.31 Å². The van der Waals surface area contributed by atoms with Gasteiger partial charge in [-0.15, -0.1) is 0 Å². The molecule has 10 heteroatoms. The van der Waals surface area contributed by atoms with Crippen LogP contribution in [-0.4, -0.2) is 54.1 Å². The highest BCUT2D eigenvalue weighted by Gasteiger charge is 2.52. The van der Waals surface area contributed by atoms with E-state index in [1.807, 2.05) is 37.3 Å². The normalized spacial score (nSPS) is 25.4. The Morgan fingerprint density at radius 2 is 1.84 bits per heavy atom. The Balaban J connectivity index is 1.85. The largest absolute Gasteiger partial charge is 0.481 e. The van der Waals surface area contributed by atoms with E-state index in [2.05, 4.69) is 0 Å². The third kappa shape index (κ3) is 6.59. The third-order valence-corrected chi connectivity index (χ3v) is 9.02. The van der Waals surface area contributed by atoms with Crippen LogP contribution in [0, 0.1) is 11.3 Å². The molecule has 1 heterocycles. The lowest BCUT2D eigenvalue weighted by molar-refractivity contribution is -0.160. The van der Waals surface area contributed by atoms with E-state index >= 15 is 0 Å². The van der Waals surface area contributed by atoms with Gasteiger partial charge in [-0.05, 0) is 67.0 Å². The number of carboxylic acid groups (broad SMARTS) is 1. The van der Waals surface area contributed by atoms with Gasteiger partial charge in [0.1, 0.15) is 0 Å². The van der Waals surface area contributed by atoms with Crippen molar-refractivity contribution in [1.29, 1.82) is 0 Å². The number of carbonyl (C=O) groups is 2. The van der Waals surface area contributed by atoms with Gasteiger partial charge in [-0.3, -0.25) is 14.1 Å². The third-order valence-electron chi connectivity index (χ3n) is 7.79. The van der Waals surface area contributed by atoms with Crippen LogP contribution in [0.2, 0.25) is 10.0 Å². The first-order valence-electron chi connectivity index (χ1n) is 12.9. The molecule has 5 unspecified atom stereocenters. The van der Waals surface area contributed by atoms with Crippen molar-refractivity contribution in [2.45, 2.75) is 64.0 Å². The SMILES string of the molecule is CCC(CN(CC1CC1)S(=O)O)N1C(=O)C(C)(CC(=O)O)CC(c2cccc(Cl)c2)C1c1ccc(Cl)cc1. The highest BCUT2D eigenvalue weighted by molar-refractivity contribution is 7.76. The highest BCUT2D eigenvalue weighted by atomic mass is 35.5. The molecule has 0 spiro atoms. The molecule has 1 aliphatic carbocycles. The van der Waals surface area contributed by atoms with Crippen molar-refractivity contribution in [3.8, 4) is 0 Å². The average Bonchev–Trinajstić information content (AvgIpc) is 3.68. The number of carboxylic acids is 1. The van der Waals surface area contributed by atoms with E-state index in [4.69, 9.17) is 23.2 Å². The first-order valence-corrected chi connectivity index (χ1v) is 14.8. The first kappa shape index (κ1) is 29.0. The lowest BCUT2D eigenvalue weighted by atomic mass is 9.67. The van der Waals surface area contributed by atoms with Crippen molar-refractivity contribution < 1.29 is 23.5 Å². The van der Waals surface area contributed by atoms with Crippen molar-refractivity contribution in [2.24, 2.45) is 11.3 Å². The Hall–Kier alpha value is -1.97. The van der Waals surface area contributed by atoms with Crippen LogP contribution in [0.4, 0.5) is 0 Å². The summed E-state index contributed by atoms with van der Waals surface area (Å²) in [7, 11) is 0. The maximum Gasteiger partial charge on any atom is 0.304 e. The van der Waals surface area contributed by atoms with Gasteiger partial charge in [-0.25, -0.2) is 4.21 Å². The second-order valence-corrected chi connectivity index (χ2v) is 12.6. The molecule has 1 amide bonds. The molecule has 0 bridgehead atoms. The fraction of sp³-hybridized carbons (Fsp3) is 0.500. The monoisotopic (exact) mass is 580 g/mol. The number of halogens is 2. The molecule has 38 heavy (non-hydrogen) atoms. The second kappa shape index (κ2) is 12.0. The van der Waals surface area contributed by atoms with Gasteiger partial charge in [0.15, 0.2) is 0 Å². The Morgan fingerprint density at radius 3 is 2.39 bits per heavy atom. The fourth-order valence-electron chi connectivity index (χ4n) is 5.72. The summed E-state index contributed by atoms with van der Waals surface area (Å²) < 4.78 is 23.9. The zero-order valence-corrected chi connectivity index (χ0v) is 23.9. The Bertz CT molecular complexity index is 1190. The summed E-state index contributed by atoms with van der Waals surface area (Å²) in [5.41, 5.74) is 0.596.